The summed E-state index contributed by atoms with van der Waals surface area (Å²) in [5.41, 5.74) is 6.90. The first-order valence-corrected chi connectivity index (χ1v) is 6.63. The zero-order valence-corrected chi connectivity index (χ0v) is 10.1. The minimum Gasteiger partial charge on any atom is -0.330 e. The first-order valence-electron chi connectivity index (χ1n) is 6.63. The summed E-state index contributed by atoms with van der Waals surface area (Å²) in [6.07, 6.45) is 11.0. The summed E-state index contributed by atoms with van der Waals surface area (Å²) in [6.45, 7) is 4.37. The summed E-state index contributed by atoms with van der Waals surface area (Å²) in [6, 6.07) is 0. The minimum atomic E-state index is 0.419. The van der Waals surface area contributed by atoms with Gasteiger partial charge in [0.05, 0.1) is 0 Å². The van der Waals surface area contributed by atoms with Crippen LogP contribution in [-0.2, 0) is 0 Å². The normalized spacial score (nSPS) is 28.4. The van der Waals surface area contributed by atoms with Crippen LogP contribution in [0.25, 0.3) is 0 Å². The Labute approximate surface area is 94.0 Å². The van der Waals surface area contributed by atoms with Gasteiger partial charge in [0, 0.05) is 12.1 Å². The average molecular weight is 210 g/mol. The maximum Gasteiger partial charge on any atom is 0.0154 e. The first-order chi connectivity index (χ1) is 7.18. The molecule has 0 amide bonds. The smallest absolute Gasteiger partial charge is 0.0154 e. The molecule has 0 spiro atoms. The Morgan fingerprint density at radius 2 is 1.60 bits per heavy atom. The Balaban J connectivity index is 1.87. The summed E-state index contributed by atoms with van der Waals surface area (Å²) >= 11 is 0. The predicted molar refractivity (Wildman–Crippen MR) is 64.8 cm³/mol. The molecule has 2 aliphatic rings. The molecule has 2 nitrogen and oxygen atoms in total. The highest BCUT2D eigenvalue weighted by molar-refractivity contribution is 4.99. The van der Waals surface area contributed by atoms with Crippen LogP contribution in [0.2, 0.25) is 0 Å². The van der Waals surface area contributed by atoms with E-state index < -0.39 is 0 Å². The second-order valence-electron chi connectivity index (χ2n) is 6.03. The quantitative estimate of drug-likeness (QED) is 0.699. The molecular weight excluding hydrogens is 184 g/mol. The second kappa shape index (κ2) is 4.42. The van der Waals surface area contributed by atoms with Crippen LogP contribution in [0, 0.1) is 5.41 Å². The molecule has 0 aliphatic heterocycles. The van der Waals surface area contributed by atoms with Crippen molar-refractivity contribution in [3.05, 3.63) is 0 Å². The standard InChI is InChI=1S/C13H26N2/c1-12(8-9-12)15-11-13(10-14)6-4-2-3-5-7-13/h15H,2-11,14H2,1H3. The Kier molecular flexibility index (Phi) is 3.36. The molecule has 88 valence electrons. The zero-order valence-electron chi connectivity index (χ0n) is 10.1. The molecule has 2 rings (SSSR count). The molecular formula is C13H26N2. The summed E-state index contributed by atoms with van der Waals surface area (Å²) in [4.78, 5) is 0. The molecule has 0 saturated heterocycles. The van der Waals surface area contributed by atoms with Gasteiger partial charge in [0.2, 0.25) is 0 Å². The van der Waals surface area contributed by atoms with Gasteiger partial charge in [0.1, 0.15) is 0 Å². The van der Waals surface area contributed by atoms with Crippen molar-refractivity contribution in [3.63, 3.8) is 0 Å². The highest BCUT2D eigenvalue weighted by atomic mass is 15.0. The van der Waals surface area contributed by atoms with Crippen molar-refractivity contribution in [2.24, 2.45) is 11.1 Å². The third kappa shape index (κ3) is 2.94. The van der Waals surface area contributed by atoms with Gasteiger partial charge in [-0.15, -0.1) is 0 Å². The maximum absolute atomic E-state index is 6.02. The van der Waals surface area contributed by atoms with Crippen LogP contribution in [0.1, 0.15) is 58.3 Å². The zero-order chi connectivity index (χ0) is 10.8. The Morgan fingerprint density at radius 1 is 1.00 bits per heavy atom. The van der Waals surface area contributed by atoms with Gasteiger partial charge < -0.3 is 11.1 Å². The van der Waals surface area contributed by atoms with Crippen LogP contribution in [0.15, 0.2) is 0 Å². The van der Waals surface area contributed by atoms with Gasteiger partial charge in [0.15, 0.2) is 0 Å². The van der Waals surface area contributed by atoms with E-state index >= 15 is 0 Å². The molecule has 3 N–H and O–H groups in total. The molecule has 0 bridgehead atoms. The largest absolute Gasteiger partial charge is 0.330 e. The average Bonchev–Trinajstić information content (AvgIpc) is 3.00. The van der Waals surface area contributed by atoms with Gasteiger partial charge in [-0.25, -0.2) is 0 Å². The van der Waals surface area contributed by atoms with Crippen molar-refractivity contribution >= 4 is 0 Å². The predicted octanol–water partition coefficient (Wildman–Crippen LogP) is 2.43. The van der Waals surface area contributed by atoms with Crippen molar-refractivity contribution in [3.8, 4) is 0 Å². The van der Waals surface area contributed by atoms with Crippen LogP contribution in [0.4, 0.5) is 0 Å². The van der Waals surface area contributed by atoms with E-state index in [4.69, 9.17) is 5.73 Å². The number of hydrogen-bond acceptors (Lipinski definition) is 2. The van der Waals surface area contributed by atoms with Crippen molar-refractivity contribution in [1.82, 2.24) is 5.32 Å². The van der Waals surface area contributed by atoms with E-state index in [0.29, 0.717) is 11.0 Å². The second-order valence-corrected chi connectivity index (χ2v) is 6.03. The van der Waals surface area contributed by atoms with Gasteiger partial charge in [0.25, 0.3) is 0 Å². The lowest BCUT2D eigenvalue weighted by molar-refractivity contribution is 0.230. The molecule has 2 fully saturated rings. The number of hydrogen-bond donors (Lipinski definition) is 2. The van der Waals surface area contributed by atoms with E-state index in [-0.39, 0.29) is 0 Å². The molecule has 0 aromatic carbocycles. The molecule has 0 radical (unpaired) electrons. The Hall–Kier alpha value is -0.0800. The molecule has 0 aromatic rings. The molecule has 0 unspecified atom stereocenters. The fourth-order valence-corrected chi connectivity index (χ4v) is 2.70. The fourth-order valence-electron chi connectivity index (χ4n) is 2.70. The van der Waals surface area contributed by atoms with Crippen LogP contribution in [-0.4, -0.2) is 18.6 Å². The van der Waals surface area contributed by atoms with Gasteiger partial charge >= 0.3 is 0 Å². The lowest BCUT2D eigenvalue weighted by Gasteiger charge is -2.33. The topological polar surface area (TPSA) is 38.0 Å². The molecule has 2 heteroatoms. The highest BCUT2D eigenvalue weighted by Crippen LogP contribution is 2.38. The molecule has 0 aromatic heterocycles. The lowest BCUT2D eigenvalue weighted by atomic mass is 9.80. The molecule has 0 heterocycles. The van der Waals surface area contributed by atoms with Crippen molar-refractivity contribution in [1.29, 1.82) is 0 Å². The Morgan fingerprint density at radius 3 is 2.07 bits per heavy atom. The number of nitrogens with two attached hydrogens (primary N) is 1. The molecule has 2 aliphatic carbocycles. The Bertz CT molecular complexity index is 201. The fraction of sp³-hybridized carbons (Fsp3) is 1.00. The van der Waals surface area contributed by atoms with E-state index in [9.17, 15) is 0 Å². The SMILES string of the molecule is CC1(NCC2(CN)CCCCCC2)CC1. The molecule has 15 heavy (non-hydrogen) atoms. The highest BCUT2D eigenvalue weighted by Gasteiger charge is 2.39. The number of nitrogens with one attached hydrogen (secondary N) is 1. The van der Waals surface area contributed by atoms with Crippen LogP contribution in [0.3, 0.4) is 0 Å². The van der Waals surface area contributed by atoms with Gasteiger partial charge in [-0.3, -0.25) is 0 Å². The van der Waals surface area contributed by atoms with Crippen molar-refractivity contribution in [2.75, 3.05) is 13.1 Å². The summed E-state index contributed by atoms with van der Waals surface area (Å²) in [5.74, 6) is 0. The van der Waals surface area contributed by atoms with Crippen molar-refractivity contribution in [2.45, 2.75) is 63.8 Å². The van der Waals surface area contributed by atoms with Gasteiger partial charge in [-0.2, -0.15) is 0 Å². The van der Waals surface area contributed by atoms with E-state index in [1.54, 1.807) is 0 Å². The van der Waals surface area contributed by atoms with E-state index in [1.807, 2.05) is 0 Å². The summed E-state index contributed by atoms with van der Waals surface area (Å²) in [5, 5.41) is 3.74. The lowest BCUT2D eigenvalue weighted by Crippen LogP contribution is -2.43. The summed E-state index contributed by atoms with van der Waals surface area (Å²) in [7, 11) is 0. The van der Waals surface area contributed by atoms with Crippen molar-refractivity contribution < 1.29 is 0 Å². The van der Waals surface area contributed by atoms with E-state index in [1.165, 1.54) is 51.4 Å². The van der Waals surface area contributed by atoms with E-state index in [0.717, 1.165) is 13.1 Å². The third-order valence-electron chi connectivity index (χ3n) is 4.49. The van der Waals surface area contributed by atoms with Gasteiger partial charge in [-0.05, 0) is 44.6 Å². The number of rotatable bonds is 4. The third-order valence-corrected chi connectivity index (χ3v) is 4.49. The van der Waals surface area contributed by atoms with E-state index in [2.05, 4.69) is 12.2 Å². The van der Waals surface area contributed by atoms with Gasteiger partial charge in [-0.1, -0.05) is 25.7 Å². The summed E-state index contributed by atoms with van der Waals surface area (Å²) < 4.78 is 0. The maximum atomic E-state index is 6.02. The first kappa shape index (κ1) is 11.4. The minimum absolute atomic E-state index is 0.419. The van der Waals surface area contributed by atoms with Crippen LogP contribution in [0.5, 0.6) is 0 Å². The monoisotopic (exact) mass is 210 g/mol. The molecule has 2 saturated carbocycles. The molecule has 0 atom stereocenters. The van der Waals surface area contributed by atoms with Crippen LogP contribution < -0.4 is 11.1 Å². The van der Waals surface area contributed by atoms with Crippen LogP contribution >= 0.6 is 0 Å².